The highest BCUT2D eigenvalue weighted by molar-refractivity contribution is 7.92. The summed E-state index contributed by atoms with van der Waals surface area (Å²) in [6, 6.07) is 10.5. The highest BCUT2D eigenvalue weighted by Gasteiger charge is 2.27. The summed E-state index contributed by atoms with van der Waals surface area (Å²) in [6.07, 6.45) is 1.33. The topological polar surface area (TPSA) is 130 Å². The molecule has 9 nitrogen and oxygen atoms in total. The van der Waals surface area contributed by atoms with Gasteiger partial charge in [-0.05, 0) is 49.4 Å². The third kappa shape index (κ3) is 4.18. The number of Topliss-reactive ketones (excluding diaryl/α,β-unsaturated/α-hetero) is 1. The standard InChI is InChI=1S/C20H17N5O4S2/c1-11-3-8-17(30-11)31(28,29)25-20(27)23-13-5-7-15(22-10-13)18-19(26)14-6-4-12(21-2)9-16(14)24-18/h3-10,21H,1-2H3,(H2,23,25,27). The van der Waals surface area contributed by atoms with Crippen LogP contribution in [0, 0.1) is 6.92 Å². The van der Waals surface area contributed by atoms with E-state index in [1.807, 2.05) is 4.72 Å². The Bertz CT molecular complexity index is 1330. The van der Waals surface area contributed by atoms with Gasteiger partial charge in [0.1, 0.15) is 9.92 Å². The lowest BCUT2D eigenvalue weighted by Crippen LogP contribution is -2.34. The number of carbonyl (C=O) groups is 2. The number of thiophene rings is 1. The fourth-order valence-electron chi connectivity index (χ4n) is 2.94. The Balaban J connectivity index is 1.46. The van der Waals surface area contributed by atoms with Crippen molar-refractivity contribution in [3.05, 3.63) is 64.8 Å². The zero-order chi connectivity index (χ0) is 22.2. The van der Waals surface area contributed by atoms with Crippen LogP contribution in [-0.4, -0.2) is 38.0 Å². The predicted molar refractivity (Wildman–Crippen MR) is 119 cm³/mol. The molecule has 4 rings (SSSR count). The number of hydrogen-bond acceptors (Lipinski definition) is 8. The molecule has 1 aliphatic rings. The highest BCUT2D eigenvalue weighted by Crippen LogP contribution is 2.31. The largest absolute Gasteiger partial charge is 0.388 e. The predicted octanol–water partition coefficient (Wildman–Crippen LogP) is 3.32. The molecule has 31 heavy (non-hydrogen) atoms. The number of fused-ring (bicyclic) bond motifs is 1. The average molecular weight is 456 g/mol. The van der Waals surface area contributed by atoms with Crippen LogP contribution in [0.25, 0.3) is 0 Å². The van der Waals surface area contributed by atoms with E-state index in [-0.39, 0.29) is 21.4 Å². The van der Waals surface area contributed by atoms with E-state index in [1.54, 1.807) is 38.2 Å². The average Bonchev–Trinajstić information content (AvgIpc) is 3.32. The number of sulfonamides is 1. The summed E-state index contributed by atoms with van der Waals surface area (Å²) in [7, 11) is -2.18. The Morgan fingerprint density at radius 3 is 2.48 bits per heavy atom. The number of aliphatic imine (C=N–C) groups is 1. The molecule has 158 valence electrons. The summed E-state index contributed by atoms with van der Waals surface area (Å²) in [4.78, 5) is 34.1. The van der Waals surface area contributed by atoms with Crippen molar-refractivity contribution in [1.29, 1.82) is 0 Å². The number of pyridine rings is 1. The summed E-state index contributed by atoms with van der Waals surface area (Å²) < 4.78 is 26.5. The van der Waals surface area contributed by atoms with Gasteiger partial charge in [-0.2, -0.15) is 0 Å². The minimum absolute atomic E-state index is 0.0485. The maximum atomic E-state index is 12.6. The molecule has 0 radical (unpaired) electrons. The quantitative estimate of drug-likeness (QED) is 0.541. The number of benzene rings is 1. The number of carbonyl (C=O) groups excluding carboxylic acids is 2. The number of ketones is 1. The van der Waals surface area contributed by atoms with E-state index in [1.165, 1.54) is 24.4 Å². The van der Waals surface area contributed by atoms with Crippen molar-refractivity contribution in [2.45, 2.75) is 11.1 Å². The summed E-state index contributed by atoms with van der Waals surface area (Å²) in [6.45, 7) is 1.77. The van der Waals surface area contributed by atoms with Crippen LogP contribution in [0.2, 0.25) is 0 Å². The molecule has 11 heteroatoms. The Morgan fingerprint density at radius 1 is 1.06 bits per heavy atom. The van der Waals surface area contributed by atoms with Gasteiger partial charge in [-0.1, -0.05) is 0 Å². The fraction of sp³-hybridized carbons (Fsp3) is 0.100. The number of rotatable bonds is 5. The van der Waals surface area contributed by atoms with Gasteiger partial charge in [0, 0.05) is 17.6 Å². The third-order valence-electron chi connectivity index (χ3n) is 4.45. The maximum Gasteiger partial charge on any atom is 0.333 e. The Labute approximate surface area is 182 Å². The number of nitrogens with zero attached hydrogens (tertiary/aromatic N) is 2. The fourth-order valence-corrected chi connectivity index (χ4v) is 5.13. The van der Waals surface area contributed by atoms with Crippen LogP contribution < -0.4 is 15.4 Å². The van der Waals surface area contributed by atoms with Gasteiger partial charge >= 0.3 is 6.03 Å². The zero-order valence-corrected chi connectivity index (χ0v) is 18.1. The molecule has 0 atom stereocenters. The lowest BCUT2D eigenvalue weighted by molar-refractivity contribution is 0.107. The van der Waals surface area contributed by atoms with Gasteiger partial charge in [0.2, 0.25) is 5.78 Å². The van der Waals surface area contributed by atoms with Crippen LogP contribution in [0.1, 0.15) is 20.9 Å². The molecule has 0 spiro atoms. The minimum Gasteiger partial charge on any atom is -0.388 e. The van der Waals surface area contributed by atoms with E-state index in [0.717, 1.165) is 21.9 Å². The Kier molecular flexibility index (Phi) is 5.29. The van der Waals surface area contributed by atoms with Crippen molar-refractivity contribution in [3.8, 4) is 0 Å². The van der Waals surface area contributed by atoms with Crippen LogP contribution in [0.15, 0.2) is 57.9 Å². The number of urea groups is 1. The van der Waals surface area contributed by atoms with Crippen LogP contribution in [0.4, 0.5) is 21.9 Å². The summed E-state index contributed by atoms with van der Waals surface area (Å²) in [5.41, 5.74) is 2.70. The number of hydrogen-bond donors (Lipinski definition) is 3. The molecular formula is C20H17N5O4S2. The molecule has 2 amide bonds. The van der Waals surface area contributed by atoms with Crippen LogP contribution >= 0.6 is 11.3 Å². The molecule has 0 saturated heterocycles. The van der Waals surface area contributed by atoms with Gasteiger partial charge in [0.25, 0.3) is 10.0 Å². The van der Waals surface area contributed by atoms with E-state index in [2.05, 4.69) is 20.6 Å². The lowest BCUT2D eigenvalue weighted by Gasteiger charge is -2.07. The first-order chi connectivity index (χ1) is 14.8. The van der Waals surface area contributed by atoms with Crippen LogP contribution in [-0.2, 0) is 10.0 Å². The monoisotopic (exact) mass is 455 g/mol. The molecular weight excluding hydrogens is 438 g/mol. The summed E-state index contributed by atoms with van der Waals surface area (Å²) in [5.74, 6) is -0.235. The second kappa shape index (κ2) is 7.93. The SMILES string of the molecule is CNc1ccc2c(c1)N=C(c1ccc(NC(=O)NS(=O)(=O)c3ccc(C)s3)cn1)C2=O. The first-order valence-corrected chi connectivity index (χ1v) is 11.4. The highest BCUT2D eigenvalue weighted by atomic mass is 32.2. The van der Waals surface area contributed by atoms with Crippen molar-refractivity contribution in [2.75, 3.05) is 17.7 Å². The molecule has 0 saturated carbocycles. The van der Waals surface area contributed by atoms with E-state index >= 15 is 0 Å². The van der Waals surface area contributed by atoms with Gasteiger partial charge in [-0.15, -0.1) is 11.3 Å². The van der Waals surface area contributed by atoms with E-state index < -0.39 is 16.1 Å². The normalized spacial score (nSPS) is 12.8. The molecule has 3 aromatic rings. The molecule has 1 aromatic carbocycles. The number of nitrogens with one attached hydrogen (secondary N) is 3. The van der Waals surface area contributed by atoms with Crippen molar-refractivity contribution in [1.82, 2.24) is 9.71 Å². The van der Waals surface area contributed by atoms with Crippen molar-refractivity contribution in [2.24, 2.45) is 4.99 Å². The first kappa shape index (κ1) is 20.7. The van der Waals surface area contributed by atoms with E-state index in [9.17, 15) is 18.0 Å². The second-order valence-corrected chi connectivity index (χ2v) is 9.83. The number of aromatic nitrogens is 1. The van der Waals surface area contributed by atoms with E-state index in [4.69, 9.17) is 0 Å². The number of aryl methyl sites for hydroxylation is 1. The van der Waals surface area contributed by atoms with Gasteiger partial charge in [0.05, 0.1) is 28.8 Å². The summed E-state index contributed by atoms with van der Waals surface area (Å²) >= 11 is 1.06. The zero-order valence-electron chi connectivity index (χ0n) is 16.5. The van der Waals surface area contributed by atoms with Crippen molar-refractivity contribution >= 4 is 55.9 Å². The third-order valence-corrected chi connectivity index (χ3v) is 7.27. The molecule has 2 aromatic heterocycles. The second-order valence-electron chi connectivity index (χ2n) is 6.63. The van der Waals surface area contributed by atoms with Gasteiger partial charge < -0.3 is 10.6 Å². The van der Waals surface area contributed by atoms with Crippen molar-refractivity contribution in [3.63, 3.8) is 0 Å². The smallest absolute Gasteiger partial charge is 0.333 e. The molecule has 3 N–H and O–H groups in total. The Hall–Kier alpha value is -3.57. The molecule has 3 heterocycles. The molecule has 0 bridgehead atoms. The van der Waals surface area contributed by atoms with Crippen LogP contribution in [0.3, 0.4) is 0 Å². The van der Waals surface area contributed by atoms with Gasteiger partial charge in [0.15, 0.2) is 0 Å². The minimum atomic E-state index is -3.96. The van der Waals surface area contributed by atoms with Crippen LogP contribution in [0.5, 0.6) is 0 Å². The molecule has 0 unspecified atom stereocenters. The van der Waals surface area contributed by atoms with Gasteiger partial charge in [-0.3, -0.25) is 9.78 Å². The lowest BCUT2D eigenvalue weighted by atomic mass is 10.1. The number of amides is 2. The maximum absolute atomic E-state index is 12.6. The first-order valence-electron chi connectivity index (χ1n) is 9.09. The van der Waals surface area contributed by atoms with Crippen molar-refractivity contribution < 1.29 is 18.0 Å². The Morgan fingerprint density at radius 2 is 1.84 bits per heavy atom. The number of anilines is 2. The molecule has 0 aliphatic carbocycles. The molecule has 0 fully saturated rings. The summed E-state index contributed by atoms with van der Waals surface area (Å²) in [5, 5.41) is 5.41. The van der Waals surface area contributed by atoms with Gasteiger partial charge in [-0.25, -0.2) is 22.9 Å². The molecule has 1 aliphatic heterocycles. The van der Waals surface area contributed by atoms with E-state index in [0.29, 0.717) is 16.9 Å².